The number of rotatable bonds is 4. The largest absolute Gasteiger partial charge is 0.469 e. The van der Waals surface area contributed by atoms with Crippen LogP contribution < -0.4 is 10.2 Å². The Morgan fingerprint density at radius 2 is 1.74 bits per heavy atom. The fourth-order valence-electron chi connectivity index (χ4n) is 5.38. The molecule has 2 aliphatic rings. The highest BCUT2D eigenvalue weighted by Crippen LogP contribution is 2.48. The molecule has 2 heterocycles. The molecule has 1 aliphatic carbocycles. The van der Waals surface area contributed by atoms with Crippen molar-refractivity contribution in [2.45, 2.75) is 24.8 Å². The van der Waals surface area contributed by atoms with Crippen LogP contribution in [0.1, 0.15) is 46.5 Å². The Labute approximate surface area is 218 Å². The van der Waals surface area contributed by atoms with Gasteiger partial charge in [0.25, 0.3) is 11.6 Å². The number of allylic oxidation sites excluding steroid dienone is 1. The summed E-state index contributed by atoms with van der Waals surface area (Å²) in [7, 11) is 0. The second-order valence-electron chi connectivity index (χ2n) is 9.37. The van der Waals surface area contributed by atoms with Gasteiger partial charge in [0.2, 0.25) is 0 Å². The van der Waals surface area contributed by atoms with Crippen molar-refractivity contribution in [3.8, 4) is 0 Å². The number of non-ortho nitro benzene ring substituents is 1. The average molecular weight is 506 g/mol. The standard InChI is InChI=1S/C30H23N3O5/c34-26-18-21(27-14-7-15-38-27)17-24-28(26)29(20-10-6-11-22(16-20)33(36)37)32(25-13-5-4-12-23(25)31-24)30(35)19-8-2-1-3-9-19/h1-16,21,29,31H,17-18H2. The molecular weight excluding hydrogens is 482 g/mol. The zero-order valence-electron chi connectivity index (χ0n) is 20.2. The van der Waals surface area contributed by atoms with E-state index in [0.29, 0.717) is 46.0 Å². The predicted octanol–water partition coefficient (Wildman–Crippen LogP) is 6.40. The fraction of sp³-hybridized carbons (Fsp3) is 0.133. The van der Waals surface area contributed by atoms with E-state index in [9.17, 15) is 19.7 Å². The van der Waals surface area contributed by atoms with Crippen molar-refractivity contribution in [2.75, 3.05) is 10.2 Å². The van der Waals surface area contributed by atoms with Gasteiger partial charge in [0, 0.05) is 41.3 Å². The van der Waals surface area contributed by atoms with Gasteiger partial charge in [0.05, 0.1) is 28.6 Å². The van der Waals surface area contributed by atoms with E-state index in [2.05, 4.69) is 5.32 Å². The molecule has 3 aromatic carbocycles. The molecule has 188 valence electrons. The Balaban J connectivity index is 1.60. The van der Waals surface area contributed by atoms with Crippen LogP contribution in [0.3, 0.4) is 0 Å². The zero-order chi connectivity index (χ0) is 26.2. The Morgan fingerprint density at radius 3 is 2.50 bits per heavy atom. The van der Waals surface area contributed by atoms with Gasteiger partial charge in [0.1, 0.15) is 5.76 Å². The van der Waals surface area contributed by atoms with Crippen LogP contribution >= 0.6 is 0 Å². The molecule has 0 bridgehead atoms. The molecule has 0 spiro atoms. The number of hydrogen-bond donors (Lipinski definition) is 1. The topological polar surface area (TPSA) is 106 Å². The molecule has 0 saturated heterocycles. The van der Waals surface area contributed by atoms with Crippen LogP contribution in [0.5, 0.6) is 0 Å². The first-order valence-corrected chi connectivity index (χ1v) is 12.3. The van der Waals surface area contributed by atoms with E-state index < -0.39 is 11.0 Å². The van der Waals surface area contributed by atoms with Gasteiger partial charge in [0.15, 0.2) is 5.78 Å². The molecule has 2 atom stereocenters. The number of carbonyl (C=O) groups excluding carboxylic acids is 2. The van der Waals surface area contributed by atoms with Gasteiger partial charge in [-0.3, -0.25) is 24.6 Å². The van der Waals surface area contributed by atoms with Crippen molar-refractivity contribution >= 4 is 28.8 Å². The normalized spacial score (nSPS) is 18.7. The van der Waals surface area contributed by atoms with Crippen molar-refractivity contribution in [3.63, 3.8) is 0 Å². The van der Waals surface area contributed by atoms with E-state index in [1.165, 1.54) is 12.1 Å². The molecule has 1 N–H and O–H groups in total. The van der Waals surface area contributed by atoms with Crippen LogP contribution in [-0.2, 0) is 4.79 Å². The third-order valence-corrected chi connectivity index (χ3v) is 7.07. The molecular formula is C30H23N3O5. The van der Waals surface area contributed by atoms with Crippen molar-refractivity contribution < 1.29 is 18.9 Å². The van der Waals surface area contributed by atoms with E-state index in [4.69, 9.17) is 4.42 Å². The SMILES string of the molecule is O=C1CC(c2ccco2)CC2=C1C(c1cccc([N+](=O)[O-])c1)N(C(=O)c1ccccc1)c1ccccc1N2. The summed E-state index contributed by atoms with van der Waals surface area (Å²) in [6.45, 7) is 0. The maximum atomic E-state index is 14.2. The molecule has 1 amide bonds. The minimum Gasteiger partial charge on any atom is -0.469 e. The molecule has 0 fully saturated rings. The summed E-state index contributed by atoms with van der Waals surface area (Å²) in [5, 5.41) is 15.1. The number of furan rings is 1. The highest BCUT2D eigenvalue weighted by molar-refractivity contribution is 6.12. The number of hydrogen-bond acceptors (Lipinski definition) is 6. The second-order valence-corrected chi connectivity index (χ2v) is 9.37. The van der Waals surface area contributed by atoms with E-state index in [1.807, 2.05) is 36.4 Å². The summed E-state index contributed by atoms with van der Waals surface area (Å²) in [6, 6.07) is 25.1. The molecule has 2 unspecified atom stereocenters. The molecule has 0 radical (unpaired) electrons. The lowest BCUT2D eigenvalue weighted by Crippen LogP contribution is -2.38. The summed E-state index contributed by atoms with van der Waals surface area (Å²) in [5.41, 5.74) is 3.17. The lowest BCUT2D eigenvalue weighted by atomic mass is 9.80. The van der Waals surface area contributed by atoms with Gasteiger partial charge < -0.3 is 9.73 Å². The van der Waals surface area contributed by atoms with Crippen LogP contribution in [0.15, 0.2) is 113 Å². The van der Waals surface area contributed by atoms with Gasteiger partial charge in [-0.1, -0.05) is 42.5 Å². The second kappa shape index (κ2) is 9.48. The third-order valence-electron chi connectivity index (χ3n) is 7.07. The maximum Gasteiger partial charge on any atom is 0.269 e. The summed E-state index contributed by atoms with van der Waals surface area (Å²) in [5.74, 6) is 0.0905. The highest BCUT2D eigenvalue weighted by atomic mass is 16.6. The van der Waals surface area contributed by atoms with Gasteiger partial charge >= 0.3 is 0 Å². The third kappa shape index (κ3) is 4.06. The number of nitrogens with one attached hydrogen (secondary N) is 1. The van der Waals surface area contributed by atoms with Crippen LogP contribution in [0.4, 0.5) is 17.1 Å². The van der Waals surface area contributed by atoms with Crippen molar-refractivity contribution in [2.24, 2.45) is 0 Å². The molecule has 1 aliphatic heterocycles. The molecule has 4 aromatic rings. The number of anilines is 2. The van der Waals surface area contributed by atoms with E-state index in [0.717, 1.165) is 0 Å². The number of para-hydroxylation sites is 2. The highest BCUT2D eigenvalue weighted by Gasteiger charge is 2.42. The zero-order valence-corrected chi connectivity index (χ0v) is 20.2. The number of nitro benzene ring substituents is 1. The molecule has 8 heteroatoms. The van der Waals surface area contributed by atoms with E-state index in [1.54, 1.807) is 53.6 Å². The Hall–Kier alpha value is -4.98. The first-order chi connectivity index (χ1) is 18.5. The van der Waals surface area contributed by atoms with Crippen molar-refractivity contribution in [1.82, 2.24) is 0 Å². The molecule has 6 rings (SSSR count). The van der Waals surface area contributed by atoms with Gasteiger partial charge in [-0.2, -0.15) is 0 Å². The number of Topliss-reactive ketones (excluding diaryl/α,β-unsaturated/α-hetero) is 1. The Morgan fingerprint density at radius 1 is 0.947 bits per heavy atom. The van der Waals surface area contributed by atoms with Gasteiger partial charge in [-0.15, -0.1) is 0 Å². The average Bonchev–Trinajstić information content (AvgIpc) is 3.43. The number of benzene rings is 3. The Kier molecular flexibility index (Phi) is 5.84. The summed E-state index contributed by atoms with van der Waals surface area (Å²) in [6.07, 6.45) is 2.27. The van der Waals surface area contributed by atoms with Crippen molar-refractivity contribution in [3.05, 3.63) is 136 Å². The first kappa shape index (κ1) is 23.4. The van der Waals surface area contributed by atoms with Gasteiger partial charge in [-0.25, -0.2) is 0 Å². The summed E-state index contributed by atoms with van der Waals surface area (Å²) < 4.78 is 5.63. The summed E-state index contributed by atoms with van der Waals surface area (Å²) in [4.78, 5) is 40.9. The quantitative estimate of drug-likeness (QED) is 0.254. The number of ketones is 1. The Bertz CT molecular complexity index is 1580. The number of fused-ring (bicyclic) bond motifs is 1. The fourth-order valence-corrected chi connectivity index (χ4v) is 5.38. The van der Waals surface area contributed by atoms with E-state index in [-0.39, 0.29) is 29.7 Å². The maximum absolute atomic E-state index is 14.2. The smallest absolute Gasteiger partial charge is 0.269 e. The minimum atomic E-state index is -0.876. The summed E-state index contributed by atoms with van der Waals surface area (Å²) >= 11 is 0. The lowest BCUT2D eigenvalue weighted by molar-refractivity contribution is -0.384. The number of nitro groups is 1. The lowest BCUT2D eigenvalue weighted by Gasteiger charge is -2.34. The van der Waals surface area contributed by atoms with Crippen LogP contribution in [-0.4, -0.2) is 16.6 Å². The van der Waals surface area contributed by atoms with Crippen molar-refractivity contribution in [1.29, 1.82) is 0 Å². The predicted molar refractivity (Wildman–Crippen MR) is 142 cm³/mol. The van der Waals surface area contributed by atoms with Crippen LogP contribution in [0, 0.1) is 10.1 Å². The molecule has 8 nitrogen and oxygen atoms in total. The first-order valence-electron chi connectivity index (χ1n) is 12.3. The molecule has 38 heavy (non-hydrogen) atoms. The monoisotopic (exact) mass is 505 g/mol. The number of carbonyl (C=O) groups is 2. The molecule has 1 aromatic heterocycles. The molecule has 0 saturated carbocycles. The number of amides is 1. The van der Waals surface area contributed by atoms with Crippen LogP contribution in [0.2, 0.25) is 0 Å². The van der Waals surface area contributed by atoms with E-state index >= 15 is 0 Å². The van der Waals surface area contributed by atoms with Crippen LogP contribution in [0.25, 0.3) is 0 Å². The minimum absolute atomic E-state index is 0.112. The number of nitrogens with zero attached hydrogens (tertiary/aromatic N) is 2. The van der Waals surface area contributed by atoms with Gasteiger partial charge in [-0.05, 0) is 48.4 Å².